The molecule has 4 nitrogen and oxygen atoms in total. The van der Waals surface area contributed by atoms with E-state index in [0.717, 1.165) is 58.9 Å². The van der Waals surface area contributed by atoms with E-state index < -0.39 is 0 Å². The second kappa shape index (κ2) is 15.8. The van der Waals surface area contributed by atoms with Gasteiger partial charge in [0.1, 0.15) is 11.3 Å². The van der Waals surface area contributed by atoms with Crippen molar-refractivity contribution in [2.75, 3.05) is 0 Å². The standard InChI is InChI=1S/C29H22NOS.C15H28O2.Ir/c1-29(2,3)24-16-21(15-19-7-4-5-9-22(19)24)26-28-20(11-13-30-26)17-25(32-28)23-10-6-8-18-12-14-31-27(18)23;1-7-14(5,8-2)12(16)11-13(17)15(6,9-3)10-4;/h4-14,16-17H,1-3H3;11,16H,7-10H2,1-6H3;/q-1;;/b;12-11-;. The number of fused-ring (bicyclic) bond motifs is 3. The van der Waals surface area contributed by atoms with Gasteiger partial charge >= 0.3 is 0 Å². The van der Waals surface area contributed by atoms with Crippen LogP contribution in [0.5, 0.6) is 0 Å². The summed E-state index contributed by atoms with van der Waals surface area (Å²) in [7, 11) is 0. The summed E-state index contributed by atoms with van der Waals surface area (Å²) in [4.78, 5) is 18.2. The minimum atomic E-state index is -0.337. The van der Waals surface area contributed by atoms with Gasteiger partial charge in [0, 0.05) is 69.4 Å². The molecule has 6 rings (SSSR count). The average molecular weight is 865 g/mol. The minimum Gasteiger partial charge on any atom is -0.512 e. The van der Waals surface area contributed by atoms with Crippen molar-refractivity contribution in [3.05, 3.63) is 103 Å². The summed E-state index contributed by atoms with van der Waals surface area (Å²) in [6.07, 6.45) is 8.41. The van der Waals surface area contributed by atoms with Crippen LogP contribution in [0, 0.1) is 16.9 Å². The van der Waals surface area contributed by atoms with E-state index in [1.165, 1.54) is 32.0 Å². The fourth-order valence-corrected chi connectivity index (χ4v) is 7.32. The van der Waals surface area contributed by atoms with Crippen LogP contribution in [0.1, 0.15) is 93.6 Å². The van der Waals surface area contributed by atoms with Gasteiger partial charge in [0.15, 0.2) is 5.78 Å². The number of hydrogen-bond acceptors (Lipinski definition) is 5. The summed E-state index contributed by atoms with van der Waals surface area (Å²) in [5.41, 5.74) is 4.82. The molecular weight excluding hydrogens is 815 g/mol. The van der Waals surface area contributed by atoms with E-state index in [9.17, 15) is 9.90 Å². The number of carbonyl (C=O) groups is 1. The first kappa shape index (κ1) is 39.2. The zero-order valence-electron chi connectivity index (χ0n) is 30.9. The van der Waals surface area contributed by atoms with Gasteiger partial charge in [0.2, 0.25) is 0 Å². The monoisotopic (exact) mass is 865 g/mol. The van der Waals surface area contributed by atoms with Crippen molar-refractivity contribution in [1.29, 1.82) is 0 Å². The van der Waals surface area contributed by atoms with Crippen molar-refractivity contribution in [2.24, 2.45) is 10.8 Å². The first-order chi connectivity index (χ1) is 23.3. The van der Waals surface area contributed by atoms with Gasteiger partial charge in [-0.3, -0.25) is 9.78 Å². The molecule has 1 N–H and O–H groups in total. The van der Waals surface area contributed by atoms with Crippen molar-refractivity contribution in [3.8, 4) is 21.7 Å². The van der Waals surface area contributed by atoms with E-state index in [0.29, 0.717) is 0 Å². The Morgan fingerprint density at radius 3 is 2.20 bits per heavy atom. The van der Waals surface area contributed by atoms with Crippen LogP contribution in [0.2, 0.25) is 0 Å². The molecule has 0 fully saturated rings. The number of carbonyl (C=O) groups excluding carboxylic acids is 1. The largest absolute Gasteiger partial charge is 0.512 e. The van der Waals surface area contributed by atoms with E-state index in [2.05, 4.69) is 87.5 Å². The zero-order valence-corrected chi connectivity index (χ0v) is 34.1. The summed E-state index contributed by atoms with van der Waals surface area (Å²) in [6, 6.07) is 27.1. The van der Waals surface area contributed by atoms with Crippen molar-refractivity contribution >= 4 is 48.9 Å². The molecule has 0 spiro atoms. The van der Waals surface area contributed by atoms with Crippen LogP contribution >= 0.6 is 11.3 Å². The van der Waals surface area contributed by atoms with Crippen LogP contribution < -0.4 is 0 Å². The third-order valence-corrected chi connectivity index (χ3v) is 11.8. The number of furan rings is 1. The number of nitrogens with zero attached hydrogens (tertiary/aromatic N) is 1. The Morgan fingerprint density at radius 1 is 0.860 bits per heavy atom. The molecule has 0 bridgehead atoms. The number of benzene rings is 3. The van der Waals surface area contributed by atoms with Gasteiger partial charge in [-0.05, 0) is 60.7 Å². The van der Waals surface area contributed by atoms with E-state index >= 15 is 0 Å². The van der Waals surface area contributed by atoms with Gasteiger partial charge in [0.25, 0.3) is 0 Å². The summed E-state index contributed by atoms with van der Waals surface area (Å²) in [5.74, 6) is 0.286. The minimum absolute atomic E-state index is 0. The predicted octanol–water partition coefficient (Wildman–Crippen LogP) is 13.3. The van der Waals surface area contributed by atoms with Crippen LogP contribution in [0.25, 0.3) is 53.5 Å². The van der Waals surface area contributed by atoms with Crippen molar-refractivity contribution in [1.82, 2.24) is 4.98 Å². The Kier molecular flexibility index (Phi) is 12.4. The van der Waals surface area contributed by atoms with Crippen LogP contribution in [-0.2, 0) is 30.3 Å². The van der Waals surface area contributed by atoms with Crippen LogP contribution in [0.3, 0.4) is 0 Å². The zero-order chi connectivity index (χ0) is 35.6. The van der Waals surface area contributed by atoms with Crippen molar-refractivity contribution in [2.45, 2.75) is 93.4 Å². The Morgan fingerprint density at radius 2 is 1.54 bits per heavy atom. The summed E-state index contributed by atoms with van der Waals surface area (Å²) in [5, 5.41) is 14.8. The molecule has 0 aliphatic carbocycles. The Hall–Kier alpha value is -3.57. The van der Waals surface area contributed by atoms with E-state index in [1.807, 2.05) is 53.8 Å². The maximum absolute atomic E-state index is 12.2. The van der Waals surface area contributed by atoms with Gasteiger partial charge in [0.05, 0.1) is 6.26 Å². The molecule has 3 aromatic carbocycles. The molecule has 3 heterocycles. The summed E-state index contributed by atoms with van der Waals surface area (Å²) >= 11 is 1.77. The van der Waals surface area contributed by atoms with Gasteiger partial charge < -0.3 is 9.52 Å². The van der Waals surface area contributed by atoms with E-state index in [4.69, 9.17) is 9.40 Å². The number of ketones is 1. The quantitative estimate of drug-likeness (QED) is 0.0893. The number of aliphatic hydroxyl groups is 1. The third kappa shape index (κ3) is 7.83. The predicted molar refractivity (Wildman–Crippen MR) is 208 cm³/mol. The van der Waals surface area contributed by atoms with Crippen LogP contribution in [0.15, 0.2) is 95.4 Å². The van der Waals surface area contributed by atoms with E-state index in [-0.39, 0.29) is 47.9 Å². The molecule has 0 atom stereocenters. The number of hydrogen-bond donors (Lipinski definition) is 1. The van der Waals surface area contributed by atoms with Crippen molar-refractivity contribution < 1.29 is 34.4 Å². The number of aromatic nitrogens is 1. The molecular formula is C44H50IrNO3S-. The average Bonchev–Trinajstić information content (AvgIpc) is 3.78. The normalized spacial score (nSPS) is 12.5. The molecule has 0 aliphatic rings. The van der Waals surface area contributed by atoms with Gasteiger partial charge in [-0.1, -0.05) is 104 Å². The van der Waals surface area contributed by atoms with Gasteiger partial charge in [-0.15, -0.1) is 40.5 Å². The fraction of sp³-hybridized carbons (Fsp3) is 0.364. The van der Waals surface area contributed by atoms with Crippen LogP contribution in [-0.4, -0.2) is 15.9 Å². The summed E-state index contributed by atoms with van der Waals surface area (Å²) < 4.78 is 6.98. The first-order valence-corrected chi connectivity index (χ1v) is 18.4. The molecule has 0 amide bonds. The second-order valence-corrected chi connectivity index (χ2v) is 15.7. The molecule has 0 saturated heterocycles. The number of thiophene rings is 1. The maximum Gasteiger partial charge on any atom is 0.164 e. The maximum atomic E-state index is 12.2. The third-order valence-electron chi connectivity index (χ3n) is 10.6. The summed E-state index contributed by atoms with van der Waals surface area (Å²) in [6.45, 7) is 18.9. The molecule has 0 unspecified atom stereocenters. The SMILES string of the molecule is CC(C)(C)c1cc(-c2nccc3cc(-c4cccc5ccoc45)sc23)[c-]c2ccccc12.CCC(C)(CC)C(=O)/C=C(\O)C(C)(CC)CC.[Ir]. The number of pyridine rings is 1. The van der Waals surface area contributed by atoms with E-state index in [1.54, 1.807) is 17.6 Å². The molecule has 1 radical (unpaired) electrons. The molecule has 6 aromatic rings. The van der Waals surface area contributed by atoms with Crippen LogP contribution in [0.4, 0.5) is 0 Å². The molecule has 3 aromatic heterocycles. The fourth-order valence-electron chi connectivity index (χ4n) is 6.14. The Bertz CT molecular complexity index is 2120. The Labute approximate surface area is 315 Å². The second-order valence-electron chi connectivity index (χ2n) is 14.7. The van der Waals surface area contributed by atoms with Crippen molar-refractivity contribution in [3.63, 3.8) is 0 Å². The number of rotatable bonds is 9. The Balaban J connectivity index is 0.000000269. The smallest absolute Gasteiger partial charge is 0.164 e. The number of aliphatic hydroxyl groups excluding tert-OH is 1. The van der Waals surface area contributed by atoms with Gasteiger partial charge in [-0.25, -0.2) is 0 Å². The molecule has 50 heavy (non-hydrogen) atoms. The van der Waals surface area contributed by atoms with Gasteiger partial charge in [-0.2, -0.15) is 0 Å². The molecule has 6 heteroatoms. The number of allylic oxidation sites excluding steroid dienone is 2. The molecule has 265 valence electrons. The topological polar surface area (TPSA) is 63.3 Å². The molecule has 0 saturated carbocycles. The first-order valence-electron chi connectivity index (χ1n) is 17.5. The number of para-hydroxylation sites is 1. The molecule has 0 aliphatic heterocycles.